The normalized spacial score (nSPS) is 20.9. The summed E-state index contributed by atoms with van der Waals surface area (Å²) >= 11 is 0. The molecule has 2 aromatic rings. The van der Waals surface area contributed by atoms with Crippen LogP contribution in [0, 0.1) is 11.6 Å². The molecule has 0 spiro atoms. The standard InChI is InChI=1S/C30H39F2N5O4/c1-3-11-36-19-25(37(12-4-2)30(36)41)28(39)34-24(16-21-14-22(31)17-23(32)15-21)27(38)26-29(40)35(13-10-33-26)18-20-8-6-5-7-9-20/h5-9,14-15,17,24-27,33,38H,3-4,10-13,16,18-19H2,1-2H3,(H,34,39)/t24-,25-,26-,27-/m0/s1. The van der Waals surface area contributed by atoms with E-state index in [-0.39, 0.29) is 30.5 Å². The Morgan fingerprint density at radius 2 is 1.71 bits per heavy atom. The molecule has 0 unspecified atom stereocenters. The van der Waals surface area contributed by atoms with Crippen molar-refractivity contribution >= 4 is 17.8 Å². The lowest BCUT2D eigenvalue weighted by Gasteiger charge is -2.38. The molecule has 2 fully saturated rings. The van der Waals surface area contributed by atoms with Crippen molar-refractivity contribution in [2.45, 2.75) is 63.9 Å². The van der Waals surface area contributed by atoms with Gasteiger partial charge in [0.15, 0.2) is 0 Å². The average molecular weight is 572 g/mol. The molecule has 4 atom stereocenters. The fourth-order valence-electron chi connectivity index (χ4n) is 5.60. The summed E-state index contributed by atoms with van der Waals surface area (Å²) in [4.78, 5) is 44.8. The van der Waals surface area contributed by atoms with E-state index >= 15 is 0 Å². The summed E-state index contributed by atoms with van der Waals surface area (Å²) < 4.78 is 28.1. The lowest BCUT2D eigenvalue weighted by Crippen LogP contribution is -2.64. The summed E-state index contributed by atoms with van der Waals surface area (Å²) in [6.45, 7) is 6.17. The first kappa shape index (κ1) is 30.4. The highest BCUT2D eigenvalue weighted by Gasteiger charge is 2.43. The fourth-order valence-corrected chi connectivity index (χ4v) is 5.60. The van der Waals surface area contributed by atoms with Crippen molar-refractivity contribution in [2.75, 3.05) is 32.7 Å². The number of carbonyl (C=O) groups is 3. The molecule has 2 heterocycles. The van der Waals surface area contributed by atoms with E-state index in [9.17, 15) is 28.3 Å². The Balaban J connectivity index is 1.57. The minimum atomic E-state index is -1.42. The Morgan fingerprint density at radius 3 is 2.37 bits per heavy atom. The van der Waals surface area contributed by atoms with Gasteiger partial charge < -0.3 is 30.4 Å². The molecule has 2 aliphatic rings. The van der Waals surface area contributed by atoms with Gasteiger partial charge >= 0.3 is 6.03 Å². The molecule has 2 saturated heterocycles. The van der Waals surface area contributed by atoms with Gasteiger partial charge in [-0.25, -0.2) is 13.6 Å². The van der Waals surface area contributed by atoms with Crippen LogP contribution in [-0.4, -0.2) is 94.6 Å². The van der Waals surface area contributed by atoms with Gasteiger partial charge in [0.2, 0.25) is 11.8 Å². The highest BCUT2D eigenvalue weighted by Crippen LogP contribution is 2.20. The van der Waals surface area contributed by atoms with Crippen molar-refractivity contribution in [1.82, 2.24) is 25.3 Å². The number of amides is 4. The van der Waals surface area contributed by atoms with E-state index < -0.39 is 41.8 Å². The van der Waals surface area contributed by atoms with Gasteiger partial charge in [-0.1, -0.05) is 44.2 Å². The minimum Gasteiger partial charge on any atom is -0.389 e. The largest absolute Gasteiger partial charge is 0.389 e. The number of hydrogen-bond donors (Lipinski definition) is 3. The predicted octanol–water partition coefficient (Wildman–Crippen LogP) is 2.28. The Morgan fingerprint density at radius 1 is 1.02 bits per heavy atom. The molecular weight excluding hydrogens is 532 g/mol. The van der Waals surface area contributed by atoms with E-state index in [2.05, 4.69) is 10.6 Å². The molecule has 11 heteroatoms. The highest BCUT2D eigenvalue weighted by molar-refractivity contribution is 5.91. The zero-order valence-electron chi connectivity index (χ0n) is 23.6. The topological polar surface area (TPSA) is 105 Å². The summed E-state index contributed by atoms with van der Waals surface area (Å²) in [6.07, 6.45) is -0.151. The zero-order valence-corrected chi connectivity index (χ0v) is 23.6. The van der Waals surface area contributed by atoms with Crippen molar-refractivity contribution < 1.29 is 28.3 Å². The highest BCUT2D eigenvalue weighted by atomic mass is 19.1. The predicted molar refractivity (Wildman–Crippen MR) is 150 cm³/mol. The van der Waals surface area contributed by atoms with Crippen LogP contribution in [0.3, 0.4) is 0 Å². The van der Waals surface area contributed by atoms with Crippen molar-refractivity contribution in [3.63, 3.8) is 0 Å². The van der Waals surface area contributed by atoms with Gasteiger partial charge in [0.1, 0.15) is 23.7 Å². The molecule has 4 amide bonds. The lowest BCUT2D eigenvalue weighted by atomic mass is 9.93. The van der Waals surface area contributed by atoms with Crippen LogP contribution in [0.2, 0.25) is 0 Å². The number of hydrogen-bond acceptors (Lipinski definition) is 5. The first-order chi connectivity index (χ1) is 19.7. The van der Waals surface area contributed by atoms with Crippen LogP contribution in [0.4, 0.5) is 13.6 Å². The Kier molecular flexibility index (Phi) is 10.3. The van der Waals surface area contributed by atoms with Crippen molar-refractivity contribution in [1.29, 1.82) is 0 Å². The van der Waals surface area contributed by atoms with E-state index in [1.54, 1.807) is 9.80 Å². The van der Waals surface area contributed by atoms with E-state index in [1.807, 2.05) is 44.2 Å². The number of piperazine rings is 1. The van der Waals surface area contributed by atoms with E-state index in [1.165, 1.54) is 4.90 Å². The van der Waals surface area contributed by atoms with Crippen molar-refractivity contribution in [2.24, 2.45) is 0 Å². The summed E-state index contributed by atoms with van der Waals surface area (Å²) in [6, 6.07) is 9.36. The zero-order chi connectivity index (χ0) is 29.5. The quantitative estimate of drug-likeness (QED) is 0.363. The first-order valence-electron chi connectivity index (χ1n) is 14.3. The summed E-state index contributed by atoms with van der Waals surface area (Å²) in [5.74, 6) is -2.40. The van der Waals surface area contributed by atoms with Crippen molar-refractivity contribution in [3.05, 3.63) is 71.3 Å². The number of urea groups is 1. The number of rotatable bonds is 12. The monoisotopic (exact) mass is 571 g/mol. The van der Waals surface area contributed by atoms with E-state index in [0.717, 1.165) is 30.2 Å². The van der Waals surface area contributed by atoms with Gasteiger partial charge in [-0.2, -0.15) is 0 Å². The van der Waals surface area contributed by atoms with Gasteiger partial charge in [0.25, 0.3) is 0 Å². The molecule has 9 nitrogen and oxygen atoms in total. The number of nitrogens with one attached hydrogen (secondary N) is 2. The van der Waals surface area contributed by atoms with Crippen LogP contribution < -0.4 is 10.6 Å². The maximum atomic E-state index is 14.0. The van der Waals surface area contributed by atoms with Crippen LogP contribution in [0.5, 0.6) is 0 Å². The maximum absolute atomic E-state index is 14.0. The molecule has 222 valence electrons. The van der Waals surface area contributed by atoms with Crippen LogP contribution in [0.25, 0.3) is 0 Å². The van der Waals surface area contributed by atoms with Crippen LogP contribution in [0.1, 0.15) is 37.8 Å². The molecule has 0 aromatic heterocycles. The number of nitrogens with zero attached hydrogens (tertiary/aromatic N) is 3. The molecule has 2 aromatic carbocycles. The molecule has 3 N–H and O–H groups in total. The fraction of sp³-hybridized carbons (Fsp3) is 0.500. The Bertz CT molecular complexity index is 1200. The lowest BCUT2D eigenvalue weighted by molar-refractivity contribution is -0.141. The molecular formula is C30H39F2N5O4. The van der Waals surface area contributed by atoms with Gasteiger partial charge in [-0.05, 0) is 42.5 Å². The second kappa shape index (κ2) is 13.9. The number of aliphatic hydroxyl groups is 1. The second-order valence-electron chi connectivity index (χ2n) is 10.7. The SMILES string of the molecule is CCCN1C[C@@H](C(=O)N[C@@H](Cc2cc(F)cc(F)c2)[C@H](O)[C@@H]2NCCN(Cc3ccccc3)C2=O)N(CCC)C1=O. The molecule has 41 heavy (non-hydrogen) atoms. The van der Waals surface area contributed by atoms with Crippen LogP contribution in [-0.2, 0) is 22.6 Å². The summed E-state index contributed by atoms with van der Waals surface area (Å²) in [7, 11) is 0. The second-order valence-corrected chi connectivity index (χ2v) is 10.7. The molecule has 0 bridgehead atoms. The van der Waals surface area contributed by atoms with Gasteiger partial charge in [0, 0.05) is 38.8 Å². The maximum Gasteiger partial charge on any atom is 0.320 e. The Hall–Kier alpha value is -3.57. The number of halogens is 2. The Labute approximate surface area is 239 Å². The third-order valence-electron chi connectivity index (χ3n) is 7.55. The number of carbonyl (C=O) groups excluding carboxylic acids is 3. The average Bonchev–Trinajstić information content (AvgIpc) is 3.24. The molecule has 0 radical (unpaired) electrons. The third kappa shape index (κ3) is 7.39. The van der Waals surface area contributed by atoms with E-state index in [0.29, 0.717) is 39.1 Å². The molecule has 2 aliphatic heterocycles. The van der Waals surface area contributed by atoms with Crippen LogP contribution >= 0.6 is 0 Å². The third-order valence-corrected chi connectivity index (χ3v) is 7.55. The molecule has 0 saturated carbocycles. The van der Waals surface area contributed by atoms with E-state index in [4.69, 9.17) is 0 Å². The number of aliphatic hydroxyl groups excluding tert-OH is 1. The van der Waals surface area contributed by atoms with Crippen molar-refractivity contribution in [3.8, 4) is 0 Å². The van der Waals surface area contributed by atoms with Gasteiger partial charge in [0.05, 0.1) is 18.7 Å². The first-order valence-corrected chi connectivity index (χ1v) is 14.3. The van der Waals surface area contributed by atoms with Gasteiger partial charge in [-0.15, -0.1) is 0 Å². The van der Waals surface area contributed by atoms with Gasteiger partial charge in [-0.3, -0.25) is 9.59 Å². The van der Waals surface area contributed by atoms with Crippen LogP contribution in [0.15, 0.2) is 48.5 Å². The smallest absolute Gasteiger partial charge is 0.320 e. The summed E-state index contributed by atoms with van der Waals surface area (Å²) in [5.41, 5.74) is 1.16. The summed E-state index contributed by atoms with van der Waals surface area (Å²) in [5, 5.41) is 17.4. The molecule has 0 aliphatic carbocycles. The number of benzene rings is 2. The molecule has 4 rings (SSSR count). The minimum absolute atomic E-state index is 0.126.